The molecule has 1 unspecified atom stereocenters. The summed E-state index contributed by atoms with van der Waals surface area (Å²) in [5.74, 6) is -0.282. The van der Waals surface area contributed by atoms with Crippen LogP contribution in [-0.2, 0) is 13.0 Å². The molecule has 0 saturated heterocycles. The standard InChI is InChI=1S/C29H29ClFN3O/c1-20(21-10-13-32-14-11-21)18-34-27-9-6-23(30)17-25(27)26-19-33(16-12-28(26)34)15-2-3-29(35)22-4-7-24(31)8-5-22/h4-11,13-14,17-18,29,35H,2-3,12,15-16,19H2,1H3/b20-18-. The van der Waals surface area contributed by atoms with Crippen LogP contribution in [-0.4, -0.2) is 32.6 Å². The predicted octanol–water partition coefficient (Wildman–Crippen LogP) is 6.72. The number of hydrogen-bond acceptors (Lipinski definition) is 3. The number of nitrogens with zero attached hydrogens (tertiary/aromatic N) is 3. The second kappa shape index (κ2) is 10.3. The van der Waals surface area contributed by atoms with E-state index < -0.39 is 6.10 Å². The highest BCUT2D eigenvalue weighted by atomic mass is 35.5. The first-order chi connectivity index (χ1) is 17.0. The Morgan fingerprint density at radius 2 is 1.91 bits per heavy atom. The smallest absolute Gasteiger partial charge is 0.123 e. The molecule has 1 atom stereocenters. The minimum Gasteiger partial charge on any atom is -0.388 e. The Morgan fingerprint density at radius 3 is 2.69 bits per heavy atom. The van der Waals surface area contributed by atoms with Crippen molar-refractivity contribution in [1.29, 1.82) is 0 Å². The van der Waals surface area contributed by atoms with E-state index >= 15 is 0 Å². The maximum absolute atomic E-state index is 13.2. The summed E-state index contributed by atoms with van der Waals surface area (Å²) >= 11 is 6.40. The molecule has 0 spiro atoms. The summed E-state index contributed by atoms with van der Waals surface area (Å²) in [5.41, 5.74) is 6.92. The van der Waals surface area contributed by atoms with Gasteiger partial charge in [0.15, 0.2) is 0 Å². The van der Waals surface area contributed by atoms with Crippen LogP contribution in [0.2, 0.25) is 5.02 Å². The fourth-order valence-electron chi connectivity index (χ4n) is 5.00. The SMILES string of the molecule is C/C(=C/n1c2c(c3cc(Cl)ccc31)CN(CCCC(O)c1ccc(F)cc1)CC2)c1ccncc1. The maximum Gasteiger partial charge on any atom is 0.123 e. The van der Waals surface area contributed by atoms with E-state index in [1.54, 1.807) is 12.1 Å². The highest BCUT2D eigenvalue weighted by Crippen LogP contribution is 2.34. The predicted molar refractivity (Wildman–Crippen MR) is 141 cm³/mol. The molecule has 4 aromatic rings. The van der Waals surface area contributed by atoms with Crippen LogP contribution in [0.1, 0.15) is 48.3 Å². The summed E-state index contributed by atoms with van der Waals surface area (Å²) in [7, 11) is 0. The van der Waals surface area contributed by atoms with Gasteiger partial charge in [0, 0.05) is 54.2 Å². The molecule has 3 heterocycles. The Balaban J connectivity index is 1.35. The second-order valence-corrected chi connectivity index (χ2v) is 9.68. The fourth-order valence-corrected chi connectivity index (χ4v) is 5.17. The van der Waals surface area contributed by atoms with Crippen LogP contribution in [0.5, 0.6) is 0 Å². The number of fused-ring (bicyclic) bond motifs is 3. The lowest BCUT2D eigenvalue weighted by Crippen LogP contribution is -2.31. The van der Waals surface area contributed by atoms with E-state index in [2.05, 4.69) is 39.7 Å². The number of allylic oxidation sites excluding steroid dienone is 1. The molecule has 1 aliphatic heterocycles. The van der Waals surface area contributed by atoms with Gasteiger partial charge in [-0.05, 0) is 91.0 Å². The molecule has 0 bridgehead atoms. The third kappa shape index (κ3) is 5.18. The summed E-state index contributed by atoms with van der Waals surface area (Å²) < 4.78 is 15.5. The number of aliphatic hydroxyl groups excluding tert-OH is 1. The van der Waals surface area contributed by atoms with Gasteiger partial charge in [-0.2, -0.15) is 0 Å². The van der Waals surface area contributed by atoms with Gasteiger partial charge in [-0.25, -0.2) is 4.39 Å². The molecule has 4 nitrogen and oxygen atoms in total. The van der Waals surface area contributed by atoms with Crippen molar-refractivity contribution in [2.24, 2.45) is 0 Å². The molecule has 0 fully saturated rings. The first-order valence-electron chi connectivity index (χ1n) is 12.1. The zero-order valence-corrected chi connectivity index (χ0v) is 20.5. The lowest BCUT2D eigenvalue weighted by Gasteiger charge is -2.28. The fraction of sp³-hybridized carbons (Fsp3) is 0.276. The molecule has 0 amide bonds. The van der Waals surface area contributed by atoms with Crippen molar-refractivity contribution < 1.29 is 9.50 Å². The third-order valence-corrected chi connectivity index (χ3v) is 7.13. The molecule has 180 valence electrons. The van der Waals surface area contributed by atoms with Crippen molar-refractivity contribution in [3.63, 3.8) is 0 Å². The van der Waals surface area contributed by atoms with Gasteiger partial charge in [0.1, 0.15) is 5.82 Å². The van der Waals surface area contributed by atoms with Crippen LogP contribution in [0.3, 0.4) is 0 Å². The summed E-state index contributed by atoms with van der Waals surface area (Å²) in [6, 6.07) is 16.3. The minimum absolute atomic E-state index is 0.282. The maximum atomic E-state index is 13.2. The van der Waals surface area contributed by atoms with Crippen LogP contribution in [0.25, 0.3) is 22.7 Å². The van der Waals surface area contributed by atoms with E-state index in [1.165, 1.54) is 39.9 Å². The van der Waals surface area contributed by atoms with Gasteiger partial charge >= 0.3 is 0 Å². The van der Waals surface area contributed by atoms with Gasteiger partial charge in [-0.15, -0.1) is 0 Å². The molecule has 1 aliphatic rings. The average Bonchev–Trinajstić information content (AvgIpc) is 3.17. The molecule has 2 aromatic carbocycles. The van der Waals surface area contributed by atoms with Gasteiger partial charge in [-0.3, -0.25) is 9.88 Å². The van der Waals surface area contributed by atoms with Crippen LogP contribution in [0.4, 0.5) is 4.39 Å². The molecule has 35 heavy (non-hydrogen) atoms. The van der Waals surface area contributed by atoms with E-state index in [4.69, 9.17) is 11.6 Å². The molecule has 1 N–H and O–H groups in total. The number of benzene rings is 2. The lowest BCUT2D eigenvalue weighted by molar-refractivity contribution is 0.153. The first kappa shape index (κ1) is 23.7. The van der Waals surface area contributed by atoms with Crippen molar-refractivity contribution in [1.82, 2.24) is 14.5 Å². The molecule has 6 heteroatoms. The second-order valence-electron chi connectivity index (χ2n) is 9.24. The zero-order valence-electron chi connectivity index (χ0n) is 19.8. The van der Waals surface area contributed by atoms with Gasteiger partial charge in [0.2, 0.25) is 0 Å². The van der Waals surface area contributed by atoms with Crippen LogP contribution >= 0.6 is 11.6 Å². The third-order valence-electron chi connectivity index (χ3n) is 6.89. The Morgan fingerprint density at radius 1 is 1.14 bits per heavy atom. The number of rotatable bonds is 7. The average molecular weight is 490 g/mol. The molecule has 5 rings (SSSR count). The van der Waals surface area contributed by atoms with Gasteiger partial charge in [-0.1, -0.05) is 23.7 Å². The Hall–Kier alpha value is -2.99. The summed E-state index contributed by atoms with van der Waals surface area (Å²) in [6.45, 7) is 4.85. The van der Waals surface area contributed by atoms with E-state index in [0.717, 1.165) is 48.6 Å². The normalized spacial score (nSPS) is 15.4. The highest BCUT2D eigenvalue weighted by molar-refractivity contribution is 6.31. The number of hydrogen-bond donors (Lipinski definition) is 1. The summed E-state index contributed by atoms with van der Waals surface area (Å²) in [5, 5.41) is 12.4. The Kier molecular flexibility index (Phi) is 7.00. The van der Waals surface area contributed by atoms with Crippen molar-refractivity contribution >= 4 is 34.3 Å². The molecule has 0 saturated carbocycles. The van der Waals surface area contributed by atoms with Crippen LogP contribution < -0.4 is 0 Å². The lowest BCUT2D eigenvalue weighted by atomic mass is 10.0. The van der Waals surface area contributed by atoms with Crippen molar-refractivity contribution in [2.45, 2.75) is 38.8 Å². The van der Waals surface area contributed by atoms with E-state index in [0.29, 0.717) is 6.42 Å². The Labute approximate surface area is 210 Å². The molecular formula is C29H29ClFN3O. The molecular weight excluding hydrogens is 461 g/mol. The van der Waals surface area contributed by atoms with Crippen LogP contribution in [0.15, 0.2) is 67.0 Å². The summed E-state index contributed by atoms with van der Waals surface area (Å²) in [4.78, 5) is 6.58. The van der Waals surface area contributed by atoms with E-state index in [1.807, 2.05) is 30.6 Å². The van der Waals surface area contributed by atoms with E-state index in [-0.39, 0.29) is 5.82 Å². The zero-order chi connectivity index (χ0) is 24.4. The quantitative estimate of drug-likeness (QED) is 0.313. The topological polar surface area (TPSA) is 41.3 Å². The van der Waals surface area contributed by atoms with Crippen LogP contribution in [0, 0.1) is 5.82 Å². The van der Waals surface area contributed by atoms with Gasteiger partial charge < -0.3 is 9.67 Å². The monoisotopic (exact) mass is 489 g/mol. The highest BCUT2D eigenvalue weighted by Gasteiger charge is 2.24. The number of halogens is 2. The first-order valence-corrected chi connectivity index (χ1v) is 12.4. The van der Waals surface area contributed by atoms with Gasteiger partial charge in [0.25, 0.3) is 0 Å². The molecule has 0 radical (unpaired) electrons. The minimum atomic E-state index is -0.571. The molecule has 0 aliphatic carbocycles. The molecule has 2 aromatic heterocycles. The number of aromatic nitrogens is 2. The number of aliphatic hydroxyl groups is 1. The Bertz CT molecular complexity index is 1350. The summed E-state index contributed by atoms with van der Waals surface area (Å²) in [6.07, 6.45) is 7.76. The largest absolute Gasteiger partial charge is 0.388 e. The van der Waals surface area contributed by atoms with Gasteiger partial charge in [0.05, 0.1) is 11.6 Å². The van der Waals surface area contributed by atoms with Crippen molar-refractivity contribution in [3.8, 4) is 0 Å². The number of pyridine rings is 1. The van der Waals surface area contributed by atoms with Crippen molar-refractivity contribution in [2.75, 3.05) is 13.1 Å². The van der Waals surface area contributed by atoms with Crippen molar-refractivity contribution in [3.05, 3.63) is 100 Å². The van der Waals surface area contributed by atoms with E-state index in [9.17, 15) is 9.50 Å².